The number of aromatic nitrogens is 1. The average molecular weight is 214 g/mol. The van der Waals surface area contributed by atoms with Crippen LogP contribution in [0.5, 0.6) is 0 Å². The Labute approximate surface area is 93.9 Å². The third-order valence-corrected chi connectivity index (χ3v) is 4.77. The SMILES string of the molecule is Cc1c[nH]c2c1C13C(=CC2=O)NCC1[C@H]3C. The fourth-order valence-electron chi connectivity index (χ4n) is 3.97. The Morgan fingerprint density at radius 2 is 2.31 bits per heavy atom. The van der Waals surface area contributed by atoms with Crippen molar-refractivity contribution in [2.45, 2.75) is 19.3 Å². The minimum atomic E-state index is 0.121. The molecule has 0 amide bonds. The van der Waals surface area contributed by atoms with E-state index in [9.17, 15) is 4.79 Å². The van der Waals surface area contributed by atoms with E-state index < -0.39 is 0 Å². The van der Waals surface area contributed by atoms with Gasteiger partial charge in [-0.3, -0.25) is 4.79 Å². The second-order valence-corrected chi connectivity index (χ2v) is 5.29. The maximum absolute atomic E-state index is 12.0. The summed E-state index contributed by atoms with van der Waals surface area (Å²) in [5.74, 6) is 1.47. The highest BCUT2D eigenvalue weighted by molar-refractivity contribution is 6.07. The maximum atomic E-state index is 12.0. The van der Waals surface area contributed by atoms with Gasteiger partial charge in [0.25, 0.3) is 0 Å². The van der Waals surface area contributed by atoms with Crippen LogP contribution in [-0.2, 0) is 5.41 Å². The molecule has 1 aromatic rings. The number of H-pyrrole nitrogens is 1. The molecule has 0 aromatic carbocycles. The van der Waals surface area contributed by atoms with Gasteiger partial charge in [0.2, 0.25) is 5.78 Å². The standard InChI is InChI=1S/C13H14N2O/c1-6-4-15-12-9(16)3-10-13(11(6)12)7(2)8(13)5-14-10/h3-4,7-8,14-15H,5H2,1-2H3/t7-,8?,13?/m1/s1. The third kappa shape index (κ3) is 0.647. The number of fused-ring (bicyclic) bond motifs is 1. The van der Waals surface area contributed by atoms with E-state index in [0.29, 0.717) is 11.8 Å². The molecule has 0 radical (unpaired) electrons. The van der Waals surface area contributed by atoms with Gasteiger partial charge in [0.15, 0.2) is 0 Å². The molecule has 1 saturated carbocycles. The van der Waals surface area contributed by atoms with E-state index in [1.54, 1.807) is 6.08 Å². The van der Waals surface area contributed by atoms with Crippen molar-refractivity contribution in [2.24, 2.45) is 11.8 Å². The van der Waals surface area contributed by atoms with Crippen LogP contribution < -0.4 is 5.32 Å². The van der Waals surface area contributed by atoms with Crippen molar-refractivity contribution in [3.8, 4) is 0 Å². The Balaban J connectivity index is 2.06. The number of aryl methyl sites for hydroxylation is 1. The van der Waals surface area contributed by atoms with E-state index >= 15 is 0 Å². The summed E-state index contributed by atoms with van der Waals surface area (Å²) in [6.45, 7) is 5.41. The molecule has 16 heavy (non-hydrogen) atoms. The molecule has 3 aliphatic rings. The van der Waals surface area contributed by atoms with Crippen LogP contribution in [0.2, 0.25) is 0 Å². The van der Waals surface area contributed by atoms with Gasteiger partial charge in [0.05, 0.1) is 5.69 Å². The molecule has 2 fully saturated rings. The minimum absolute atomic E-state index is 0.121. The summed E-state index contributed by atoms with van der Waals surface area (Å²) in [4.78, 5) is 15.1. The molecule has 4 rings (SSSR count). The van der Waals surface area contributed by atoms with Crippen molar-refractivity contribution in [2.75, 3.05) is 6.54 Å². The number of carbonyl (C=O) groups excluding carboxylic acids is 1. The van der Waals surface area contributed by atoms with Crippen LogP contribution in [0, 0.1) is 18.8 Å². The Kier molecular flexibility index (Phi) is 1.22. The fraction of sp³-hybridized carbons (Fsp3) is 0.462. The molecule has 1 spiro atoms. The van der Waals surface area contributed by atoms with Crippen molar-refractivity contribution in [3.63, 3.8) is 0 Å². The lowest BCUT2D eigenvalue weighted by atomic mass is 9.82. The van der Waals surface area contributed by atoms with Crippen LogP contribution in [0.25, 0.3) is 0 Å². The van der Waals surface area contributed by atoms with Crippen molar-refractivity contribution >= 4 is 5.78 Å². The van der Waals surface area contributed by atoms with Crippen LogP contribution >= 0.6 is 0 Å². The summed E-state index contributed by atoms with van der Waals surface area (Å²) in [7, 11) is 0. The zero-order chi connectivity index (χ0) is 11.1. The molecule has 3 atom stereocenters. The molecule has 0 bridgehead atoms. The van der Waals surface area contributed by atoms with E-state index in [-0.39, 0.29) is 11.2 Å². The summed E-state index contributed by atoms with van der Waals surface area (Å²) in [5, 5.41) is 3.39. The van der Waals surface area contributed by atoms with Crippen LogP contribution in [0.4, 0.5) is 0 Å². The lowest BCUT2D eigenvalue weighted by Crippen LogP contribution is -2.27. The van der Waals surface area contributed by atoms with Gasteiger partial charge in [-0.05, 0) is 29.9 Å². The van der Waals surface area contributed by atoms with E-state index in [2.05, 4.69) is 24.1 Å². The molecule has 3 heteroatoms. The molecule has 1 aromatic heterocycles. The van der Waals surface area contributed by atoms with Gasteiger partial charge in [-0.15, -0.1) is 0 Å². The second kappa shape index (κ2) is 2.26. The maximum Gasteiger partial charge on any atom is 0.204 e. The number of piperidine rings is 1. The number of nitrogens with one attached hydrogen (secondary N) is 2. The normalized spacial score (nSPS) is 38.4. The molecule has 3 nitrogen and oxygen atoms in total. The Morgan fingerprint density at radius 3 is 3.06 bits per heavy atom. The largest absolute Gasteiger partial charge is 0.387 e. The minimum Gasteiger partial charge on any atom is -0.387 e. The van der Waals surface area contributed by atoms with Gasteiger partial charge < -0.3 is 10.3 Å². The first-order valence-corrected chi connectivity index (χ1v) is 5.86. The fourth-order valence-corrected chi connectivity index (χ4v) is 3.97. The molecular weight excluding hydrogens is 200 g/mol. The molecule has 2 aliphatic carbocycles. The van der Waals surface area contributed by atoms with Crippen LogP contribution in [0.3, 0.4) is 0 Å². The molecule has 2 N–H and O–H groups in total. The first kappa shape index (κ1) is 8.62. The van der Waals surface area contributed by atoms with Crippen LogP contribution in [-0.4, -0.2) is 17.3 Å². The van der Waals surface area contributed by atoms with E-state index in [1.165, 1.54) is 11.1 Å². The summed E-state index contributed by atoms with van der Waals surface area (Å²) in [5.41, 5.74) is 4.61. The smallest absolute Gasteiger partial charge is 0.204 e. The summed E-state index contributed by atoms with van der Waals surface area (Å²) >= 11 is 0. The summed E-state index contributed by atoms with van der Waals surface area (Å²) in [6.07, 6.45) is 3.76. The van der Waals surface area contributed by atoms with Gasteiger partial charge in [-0.25, -0.2) is 0 Å². The molecule has 2 heterocycles. The number of hydrogen-bond donors (Lipinski definition) is 2. The van der Waals surface area contributed by atoms with Gasteiger partial charge in [-0.1, -0.05) is 6.92 Å². The van der Waals surface area contributed by atoms with Gasteiger partial charge in [-0.2, -0.15) is 0 Å². The Hall–Kier alpha value is -1.51. The van der Waals surface area contributed by atoms with E-state index in [0.717, 1.165) is 17.9 Å². The lowest BCUT2D eigenvalue weighted by Gasteiger charge is -2.23. The lowest BCUT2D eigenvalue weighted by molar-refractivity contribution is 0.103. The van der Waals surface area contributed by atoms with Crippen molar-refractivity contribution in [1.29, 1.82) is 0 Å². The zero-order valence-corrected chi connectivity index (χ0v) is 9.42. The zero-order valence-electron chi connectivity index (χ0n) is 9.42. The number of hydrogen-bond acceptors (Lipinski definition) is 2. The number of carbonyl (C=O) groups is 1. The Bertz CT molecular complexity index is 554. The van der Waals surface area contributed by atoms with E-state index in [1.807, 2.05) is 6.20 Å². The van der Waals surface area contributed by atoms with Crippen molar-refractivity contribution in [1.82, 2.24) is 10.3 Å². The van der Waals surface area contributed by atoms with Gasteiger partial charge in [0, 0.05) is 29.9 Å². The van der Waals surface area contributed by atoms with Crippen molar-refractivity contribution in [3.05, 3.63) is 34.8 Å². The van der Waals surface area contributed by atoms with Gasteiger partial charge >= 0.3 is 0 Å². The topological polar surface area (TPSA) is 44.9 Å². The second-order valence-electron chi connectivity index (χ2n) is 5.29. The van der Waals surface area contributed by atoms with Crippen molar-refractivity contribution < 1.29 is 4.79 Å². The summed E-state index contributed by atoms with van der Waals surface area (Å²) in [6, 6.07) is 0. The first-order chi connectivity index (χ1) is 7.67. The molecule has 1 aliphatic heterocycles. The highest BCUT2D eigenvalue weighted by atomic mass is 16.1. The molecule has 2 unspecified atom stereocenters. The molecule has 1 saturated heterocycles. The monoisotopic (exact) mass is 214 g/mol. The summed E-state index contributed by atoms with van der Waals surface area (Å²) < 4.78 is 0. The number of allylic oxidation sites excluding steroid dienone is 2. The average Bonchev–Trinajstić information content (AvgIpc) is 2.65. The highest BCUT2D eigenvalue weighted by Gasteiger charge is 2.70. The van der Waals surface area contributed by atoms with Gasteiger partial charge in [0.1, 0.15) is 0 Å². The predicted molar refractivity (Wildman–Crippen MR) is 60.3 cm³/mol. The number of rotatable bonds is 0. The first-order valence-electron chi connectivity index (χ1n) is 5.86. The number of ketones is 1. The highest BCUT2D eigenvalue weighted by Crippen LogP contribution is 2.68. The van der Waals surface area contributed by atoms with Crippen LogP contribution in [0.1, 0.15) is 28.5 Å². The van der Waals surface area contributed by atoms with Crippen LogP contribution in [0.15, 0.2) is 18.0 Å². The number of aromatic amines is 1. The third-order valence-electron chi connectivity index (χ3n) is 4.77. The molecular formula is C13H14N2O. The van der Waals surface area contributed by atoms with E-state index in [4.69, 9.17) is 0 Å². The molecule has 82 valence electrons. The Morgan fingerprint density at radius 1 is 1.50 bits per heavy atom. The predicted octanol–water partition coefficient (Wildman–Crippen LogP) is 1.51. The quantitative estimate of drug-likeness (QED) is 0.687.